The van der Waals surface area contributed by atoms with Crippen LogP contribution in [0.1, 0.15) is 66.2 Å². The van der Waals surface area contributed by atoms with Crippen molar-refractivity contribution in [3.63, 3.8) is 0 Å². The highest BCUT2D eigenvalue weighted by molar-refractivity contribution is 7.89. The molecule has 2 rings (SSSR count). The van der Waals surface area contributed by atoms with Crippen LogP contribution in [0, 0.1) is 11.8 Å². The molecule has 2 atom stereocenters. The summed E-state index contributed by atoms with van der Waals surface area (Å²) in [5.41, 5.74) is 0. The van der Waals surface area contributed by atoms with Crippen molar-refractivity contribution in [2.75, 3.05) is 18.9 Å². The quantitative estimate of drug-likeness (QED) is 0.727. The molecule has 2 aliphatic rings. The van der Waals surface area contributed by atoms with Gasteiger partial charge in [-0.05, 0) is 57.3 Å². The Morgan fingerprint density at radius 2 is 1.85 bits per heavy atom. The summed E-state index contributed by atoms with van der Waals surface area (Å²) in [5, 5.41) is 0. The SMILES string of the molecule is CCS(=O)(=O)N[C@H]1CCCN(C(C)=O)[C@H]1CO[C@H]1CC[C@@H](C(C)C)CC1. The Kier molecular flexibility index (Phi) is 7.91. The van der Waals surface area contributed by atoms with Gasteiger partial charge >= 0.3 is 0 Å². The summed E-state index contributed by atoms with van der Waals surface area (Å²) < 4.78 is 33.0. The molecule has 0 bridgehead atoms. The summed E-state index contributed by atoms with van der Waals surface area (Å²) in [5.74, 6) is 1.54. The van der Waals surface area contributed by atoms with Gasteiger partial charge in [0, 0.05) is 19.5 Å². The highest BCUT2D eigenvalue weighted by Crippen LogP contribution is 2.31. The molecule has 0 unspecified atom stereocenters. The van der Waals surface area contributed by atoms with Crippen molar-refractivity contribution in [1.82, 2.24) is 9.62 Å². The van der Waals surface area contributed by atoms with Crippen LogP contribution in [0.3, 0.4) is 0 Å². The predicted octanol–water partition coefficient (Wildman–Crippen LogP) is 2.54. The zero-order valence-electron chi connectivity index (χ0n) is 16.7. The first-order valence-electron chi connectivity index (χ1n) is 10.1. The van der Waals surface area contributed by atoms with E-state index in [2.05, 4.69) is 18.6 Å². The molecule has 1 saturated carbocycles. The summed E-state index contributed by atoms with van der Waals surface area (Å²) in [6, 6.07) is -0.477. The van der Waals surface area contributed by atoms with Crippen molar-refractivity contribution >= 4 is 15.9 Å². The van der Waals surface area contributed by atoms with Gasteiger partial charge in [0.05, 0.1) is 24.5 Å². The number of nitrogens with one attached hydrogen (secondary N) is 1. The number of rotatable bonds is 7. The number of hydrogen-bond donors (Lipinski definition) is 1. The van der Waals surface area contributed by atoms with Crippen molar-refractivity contribution in [3.8, 4) is 0 Å². The number of carbonyl (C=O) groups excluding carboxylic acids is 1. The standard InChI is InChI=1S/C19H36N2O4S/c1-5-26(23,24)20-18-7-6-12-21(15(4)22)19(18)13-25-17-10-8-16(9-11-17)14(2)3/h14,16-20H,5-13H2,1-4H3/t16-,17+,18-,19-/m0/s1. The number of likely N-dealkylation sites (tertiary alicyclic amines) is 1. The molecule has 2 fully saturated rings. The Morgan fingerprint density at radius 3 is 2.38 bits per heavy atom. The monoisotopic (exact) mass is 388 g/mol. The fraction of sp³-hybridized carbons (Fsp3) is 0.947. The number of nitrogens with zero attached hydrogens (tertiary/aromatic N) is 1. The Morgan fingerprint density at radius 1 is 1.19 bits per heavy atom. The molecular weight excluding hydrogens is 352 g/mol. The summed E-state index contributed by atoms with van der Waals surface area (Å²) in [7, 11) is -3.30. The number of carbonyl (C=O) groups is 1. The molecule has 0 aromatic rings. The highest BCUT2D eigenvalue weighted by Gasteiger charge is 2.36. The number of sulfonamides is 1. The Labute approximate surface area is 159 Å². The van der Waals surface area contributed by atoms with Gasteiger partial charge < -0.3 is 9.64 Å². The lowest BCUT2D eigenvalue weighted by molar-refractivity contribution is -0.136. The van der Waals surface area contributed by atoms with Gasteiger partial charge in [0.15, 0.2) is 0 Å². The number of piperidine rings is 1. The molecule has 152 valence electrons. The zero-order chi connectivity index (χ0) is 19.3. The van der Waals surface area contributed by atoms with E-state index in [1.54, 1.807) is 18.7 Å². The van der Waals surface area contributed by atoms with Gasteiger partial charge in [0.25, 0.3) is 0 Å². The second kappa shape index (κ2) is 9.51. The van der Waals surface area contributed by atoms with Crippen LogP contribution in [0.2, 0.25) is 0 Å². The molecule has 1 N–H and O–H groups in total. The first-order chi connectivity index (χ1) is 12.2. The third-order valence-corrected chi connectivity index (χ3v) is 7.48. The van der Waals surface area contributed by atoms with Gasteiger partial charge in [-0.25, -0.2) is 13.1 Å². The molecule has 0 aromatic carbocycles. The lowest BCUT2D eigenvalue weighted by atomic mass is 9.80. The van der Waals surface area contributed by atoms with Crippen LogP contribution in [-0.4, -0.2) is 56.3 Å². The maximum absolute atomic E-state index is 12.1. The van der Waals surface area contributed by atoms with E-state index in [1.165, 1.54) is 12.8 Å². The predicted molar refractivity (Wildman–Crippen MR) is 103 cm³/mol. The van der Waals surface area contributed by atoms with E-state index in [0.717, 1.165) is 37.5 Å². The fourth-order valence-electron chi connectivity index (χ4n) is 4.26. The smallest absolute Gasteiger partial charge is 0.219 e. The van der Waals surface area contributed by atoms with E-state index < -0.39 is 10.0 Å². The average molecular weight is 389 g/mol. The molecule has 1 amide bonds. The molecule has 6 nitrogen and oxygen atoms in total. The van der Waals surface area contributed by atoms with E-state index in [4.69, 9.17) is 4.74 Å². The molecule has 1 saturated heterocycles. The van der Waals surface area contributed by atoms with Crippen LogP contribution in [0.5, 0.6) is 0 Å². The molecule has 26 heavy (non-hydrogen) atoms. The topological polar surface area (TPSA) is 75.7 Å². The van der Waals surface area contributed by atoms with Gasteiger partial charge in [-0.2, -0.15) is 0 Å². The maximum Gasteiger partial charge on any atom is 0.219 e. The third kappa shape index (κ3) is 5.92. The molecule has 0 radical (unpaired) electrons. The van der Waals surface area contributed by atoms with Crippen molar-refractivity contribution in [3.05, 3.63) is 0 Å². The lowest BCUT2D eigenvalue weighted by Gasteiger charge is -2.42. The summed E-state index contributed by atoms with van der Waals surface area (Å²) in [6.45, 7) is 8.83. The van der Waals surface area contributed by atoms with Gasteiger partial charge in [0.1, 0.15) is 0 Å². The molecule has 1 aliphatic heterocycles. The van der Waals surface area contributed by atoms with E-state index in [0.29, 0.717) is 13.2 Å². The molecular formula is C19H36N2O4S. The number of ether oxygens (including phenoxy) is 1. The zero-order valence-corrected chi connectivity index (χ0v) is 17.6. The van der Waals surface area contributed by atoms with Gasteiger partial charge in [-0.3, -0.25) is 4.79 Å². The highest BCUT2D eigenvalue weighted by atomic mass is 32.2. The van der Waals surface area contributed by atoms with Gasteiger partial charge in [-0.15, -0.1) is 0 Å². The van der Waals surface area contributed by atoms with E-state index in [-0.39, 0.29) is 29.8 Å². The van der Waals surface area contributed by atoms with Crippen LogP contribution < -0.4 is 4.72 Å². The van der Waals surface area contributed by atoms with Crippen LogP contribution in [-0.2, 0) is 19.6 Å². The summed E-state index contributed by atoms with van der Waals surface area (Å²) in [6.07, 6.45) is 6.28. The summed E-state index contributed by atoms with van der Waals surface area (Å²) >= 11 is 0. The Balaban J connectivity index is 1.97. The molecule has 7 heteroatoms. The van der Waals surface area contributed by atoms with Gasteiger partial charge in [0.2, 0.25) is 15.9 Å². The summed E-state index contributed by atoms with van der Waals surface area (Å²) in [4.78, 5) is 13.8. The van der Waals surface area contributed by atoms with Crippen LogP contribution in [0.15, 0.2) is 0 Å². The minimum absolute atomic E-state index is 0.0116. The maximum atomic E-state index is 12.1. The van der Waals surface area contributed by atoms with Crippen molar-refractivity contribution in [1.29, 1.82) is 0 Å². The van der Waals surface area contributed by atoms with Crippen molar-refractivity contribution < 1.29 is 17.9 Å². The lowest BCUT2D eigenvalue weighted by Crippen LogP contribution is -2.58. The van der Waals surface area contributed by atoms with Crippen molar-refractivity contribution in [2.45, 2.75) is 84.4 Å². The molecule has 0 aromatic heterocycles. The Bertz CT molecular complexity index is 556. The van der Waals surface area contributed by atoms with Crippen LogP contribution in [0.4, 0.5) is 0 Å². The molecule has 1 heterocycles. The third-order valence-electron chi connectivity index (χ3n) is 6.06. The van der Waals surface area contributed by atoms with E-state index in [9.17, 15) is 13.2 Å². The van der Waals surface area contributed by atoms with E-state index >= 15 is 0 Å². The second-order valence-electron chi connectivity index (χ2n) is 8.16. The van der Waals surface area contributed by atoms with Crippen LogP contribution in [0.25, 0.3) is 0 Å². The van der Waals surface area contributed by atoms with Gasteiger partial charge in [-0.1, -0.05) is 13.8 Å². The number of hydrogen-bond acceptors (Lipinski definition) is 4. The fourth-order valence-corrected chi connectivity index (χ4v) is 5.16. The number of amides is 1. The van der Waals surface area contributed by atoms with Crippen LogP contribution >= 0.6 is 0 Å². The largest absolute Gasteiger partial charge is 0.376 e. The normalized spacial score (nSPS) is 30.6. The average Bonchev–Trinajstić information content (AvgIpc) is 2.60. The first kappa shape index (κ1) is 21.6. The minimum atomic E-state index is -3.30. The second-order valence-corrected chi connectivity index (χ2v) is 10.2. The Hall–Kier alpha value is -0.660. The molecule has 0 spiro atoms. The van der Waals surface area contributed by atoms with E-state index in [1.807, 2.05) is 0 Å². The minimum Gasteiger partial charge on any atom is -0.376 e. The van der Waals surface area contributed by atoms with Crippen molar-refractivity contribution in [2.24, 2.45) is 11.8 Å². The first-order valence-corrected chi connectivity index (χ1v) is 11.8. The molecule has 1 aliphatic carbocycles.